The predicted molar refractivity (Wildman–Crippen MR) is 76.4 cm³/mol. The van der Waals surface area contributed by atoms with Crippen LogP contribution >= 0.6 is 0 Å². The summed E-state index contributed by atoms with van der Waals surface area (Å²) in [4.78, 5) is 13.3. The summed E-state index contributed by atoms with van der Waals surface area (Å²) in [5.74, 6) is 0. The van der Waals surface area contributed by atoms with E-state index < -0.39 is 11.7 Å². The number of carbonyl (C=O) groups is 1. The molecule has 2 rings (SSSR count). The quantitative estimate of drug-likeness (QED) is 0.872. The van der Waals surface area contributed by atoms with E-state index in [1.807, 2.05) is 37.3 Å². The van der Waals surface area contributed by atoms with Gasteiger partial charge in [0.15, 0.2) is 0 Å². The first kappa shape index (κ1) is 14.8. The third-order valence-electron chi connectivity index (χ3n) is 3.71. The zero-order valence-corrected chi connectivity index (χ0v) is 12.0. The Morgan fingerprint density at radius 2 is 2.20 bits per heavy atom. The Kier molecular flexibility index (Phi) is 4.62. The molecule has 0 saturated carbocycles. The fraction of sp³-hybridized carbons (Fsp3) is 0.533. The van der Waals surface area contributed by atoms with Crippen molar-refractivity contribution in [3.63, 3.8) is 0 Å². The second kappa shape index (κ2) is 6.24. The molecule has 110 valence electrons. The van der Waals surface area contributed by atoms with Crippen LogP contribution < -0.4 is 5.32 Å². The molecule has 2 atom stereocenters. The van der Waals surface area contributed by atoms with Gasteiger partial charge in [-0.1, -0.05) is 30.3 Å². The molecule has 1 aromatic rings. The molecule has 1 saturated heterocycles. The average Bonchev–Trinajstić information content (AvgIpc) is 2.86. The minimum atomic E-state index is -0.887. The van der Waals surface area contributed by atoms with E-state index in [0.717, 1.165) is 25.1 Å². The minimum absolute atomic E-state index is 0.0917. The van der Waals surface area contributed by atoms with Gasteiger partial charge in [0.25, 0.3) is 0 Å². The number of β-amino-alcohol motifs (C(OH)–C–C–N with tert-alkyl or cyclic N) is 1. The molecule has 5 heteroatoms. The molecule has 1 aliphatic rings. The van der Waals surface area contributed by atoms with Crippen LogP contribution in [0, 0.1) is 0 Å². The maximum atomic E-state index is 11.2. The topological polar surface area (TPSA) is 61.8 Å². The van der Waals surface area contributed by atoms with E-state index >= 15 is 0 Å². The fourth-order valence-corrected chi connectivity index (χ4v) is 2.64. The van der Waals surface area contributed by atoms with Gasteiger partial charge < -0.3 is 15.2 Å². The first-order valence-electron chi connectivity index (χ1n) is 6.86. The molecule has 2 N–H and O–H groups in total. The summed E-state index contributed by atoms with van der Waals surface area (Å²) in [5, 5.41) is 13.4. The highest BCUT2D eigenvalue weighted by molar-refractivity contribution is 5.67. The lowest BCUT2D eigenvalue weighted by atomic mass is 9.95. The molecular formula is C15H22N2O3. The Labute approximate surface area is 119 Å². The van der Waals surface area contributed by atoms with Crippen LogP contribution in [0.4, 0.5) is 4.79 Å². The van der Waals surface area contributed by atoms with Crippen LogP contribution in [0.15, 0.2) is 30.3 Å². The van der Waals surface area contributed by atoms with Gasteiger partial charge in [-0.15, -0.1) is 0 Å². The second-order valence-corrected chi connectivity index (χ2v) is 5.50. The van der Waals surface area contributed by atoms with E-state index in [4.69, 9.17) is 0 Å². The monoisotopic (exact) mass is 278 g/mol. The number of alkyl carbamates (subject to hydrolysis) is 1. The number of nitrogens with zero attached hydrogens (tertiary/aromatic N) is 1. The number of rotatable bonds is 4. The molecule has 1 amide bonds. The summed E-state index contributed by atoms with van der Waals surface area (Å²) in [6, 6.07) is 9.74. The molecule has 1 fully saturated rings. The SMILES string of the molecule is COC(=O)NC1CCN(CC(C)(O)c2ccccc2)C1. The van der Waals surface area contributed by atoms with Crippen LogP contribution in [-0.4, -0.2) is 48.9 Å². The number of aliphatic hydroxyl groups is 1. The molecule has 1 aliphatic heterocycles. The van der Waals surface area contributed by atoms with Gasteiger partial charge in [0.05, 0.1) is 12.7 Å². The van der Waals surface area contributed by atoms with Crippen LogP contribution in [0.2, 0.25) is 0 Å². The summed E-state index contributed by atoms with van der Waals surface area (Å²) in [5.41, 5.74) is 0.0193. The number of hydrogen-bond acceptors (Lipinski definition) is 4. The summed E-state index contributed by atoms with van der Waals surface area (Å²) in [7, 11) is 1.36. The molecule has 0 aromatic heterocycles. The minimum Gasteiger partial charge on any atom is -0.453 e. The zero-order valence-electron chi connectivity index (χ0n) is 12.0. The Hall–Kier alpha value is -1.59. The van der Waals surface area contributed by atoms with Crippen molar-refractivity contribution in [2.45, 2.75) is 25.0 Å². The van der Waals surface area contributed by atoms with E-state index in [2.05, 4.69) is 15.0 Å². The molecule has 0 spiro atoms. The summed E-state index contributed by atoms with van der Waals surface area (Å²) in [6.45, 7) is 3.97. The summed E-state index contributed by atoms with van der Waals surface area (Å²) in [6.07, 6.45) is 0.478. The number of methoxy groups -OCH3 is 1. The largest absolute Gasteiger partial charge is 0.453 e. The summed E-state index contributed by atoms with van der Waals surface area (Å²) < 4.78 is 4.60. The van der Waals surface area contributed by atoms with E-state index in [1.54, 1.807) is 0 Å². The molecule has 5 nitrogen and oxygen atoms in total. The molecule has 0 bridgehead atoms. The van der Waals surface area contributed by atoms with Crippen LogP contribution in [0.1, 0.15) is 18.9 Å². The van der Waals surface area contributed by atoms with Crippen LogP contribution in [0.3, 0.4) is 0 Å². The van der Waals surface area contributed by atoms with Crippen molar-refractivity contribution in [1.82, 2.24) is 10.2 Å². The van der Waals surface area contributed by atoms with E-state index in [-0.39, 0.29) is 6.04 Å². The van der Waals surface area contributed by atoms with Gasteiger partial charge in [-0.2, -0.15) is 0 Å². The van der Waals surface area contributed by atoms with E-state index in [0.29, 0.717) is 6.54 Å². The molecule has 1 aromatic carbocycles. The number of nitrogens with one attached hydrogen (secondary N) is 1. The fourth-order valence-electron chi connectivity index (χ4n) is 2.64. The number of ether oxygens (including phenoxy) is 1. The Balaban J connectivity index is 1.90. The average molecular weight is 278 g/mol. The van der Waals surface area contributed by atoms with Crippen molar-refractivity contribution in [2.24, 2.45) is 0 Å². The molecule has 20 heavy (non-hydrogen) atoms. The maximum Gasteiger partial charge on any atom is 0.407 e. The molecular weight excluding hydrogens is 256 g/mol. The van der Waals surface area contributed by atoms with Gasteiger partial charge in [0, 0.05) is 25.7 Å². The predicted octanol–water partition coefficient (Wildman–Crippen LogP) is 1.32. The summed E-state index contributed by atoms with van der Waals surface area (Å²) >= 11 is 0. The van der Waals surface area contributed by atoms with Crippen molar-refractivity contribution in [1.29, 1.82) is 0 Å². The zero-order chi connectivity index (χ0) is 14.6. The number of hydrogen-bond donors (Lipinski definition) is 2. The highest BCUT2D eigenvalue weighted by Gasteiger charge is 2.31. The first-order valence-corrected chi connectivity index (χ1v) is 6.86. The number of likely N-dealkylation sites (tertiary alicyclic amines) is 1. The Bertz CT molecular complexity index is 448. The molecule has 1 heterocycles. The van der Waals surface area contributed by atoms with Gasteiger partial charge in [0.2, 0.25) is 0 Å². The first-order chi connectivity index (χ1) is 9.51. The van der Waals surface area contributed by atoms with Gasteiger partial charge >= 0.3 is 6.09 Å². The third-order valence-corrected chi connectivity index (χ3v) is 3.71. The maximum absolute atomic E-state index is 11.2. The smallest absolute Gasteiger partial charge is 0.407 e. The van der Waals surface area contributed by atoms with Crippen molar-refractivity contribution in [3.05, 3.63) is 35.9 Å². The van der Waals surface area contributed by atoms with Gasteiger partial charge in [-0.3, -0.25) is 4.90 Å². The Morgan fingerprint density at radius 3 is 2.85 bits per heavy atom. The highest BCUT2D eigenvalue weighted by Crippen LogP contribution is 2.23. The van der Waals surface area contributed by atoms with Crippen LogP contribution in [-0.2, 0) is 10.3 Å². The van der Waals surface area contributed by atoms with E-state index in [1.165, 1.54) is 7.11 Å². The number of benzene rings is 1. The second-order valence-electron chi connectivity index (χ2n) is 5.50. The lowest BCUT2D eigenvalue weighted by molar-refractivity contribution is 0.0222. The number of amides is 1. The highest BCUT2D eigenvalue weighted by atomic mass is 16.5. The van der Waals surface area contributed by atoms with Crippen molar-refractivity contribution >= 4 is 6.09 Å². The van der Waals surface area contributed by atoms with Crippen molar-refractivity contribution in [3.8, 4) is 0 Å². The number of carbonyl (C=O) groups excluding carboxylic acids is 1. The standard InChI is InChI=1S/C15H22N2O3/c1-15(19,12-6-4-3-5-7-12)11-17-9-8-13(10-17)16-14(18)20-2/h3-7,13,19H,8-11H2,1-2H3,(H,16,18). The molecule has 2 unspecified atom stereocenters. The van der Waals surface area contributed by atoms with Crippen molar-refractivity contribution in [2.75, 3.05) is 26.7 Å². The third kappa shape index (κ3) is 3.71. The van der Waals surface area contributed by atoms with Crippen LogP contribution in [0.5, 0.6) is 0 Å². The lowest BCUT2D eigenvalue weighted by Crippen LogP contribution is -2.41. The van der Waals surface area contributed by atoms with Crippen LogP contribution in [0.25, 0.3) is 0 Å². The molecule has 0 aliphatic carbocycles. The van der Waals surface area contributed by atoms with Gasteiger partial charge in [-0.05, 0) is 18.9 Å². The molecule has 0 radical (unpaired) electrons. The van der Waals surface area contributed by atoms with Gasteiger partial charge in [-0.25, -0.2) is 4.79 Å². The van der Waals surface area contributed by atoms with Crippen molar-refractivity contribution < 1.29 is 14.6 Å². The normalized spacial score (nSPS) is 22.2. The lowest BCUT2D eigenvalue weighted by Gasteiger charge is -2.29. The van der Waals surface area contributed by atoms with Gasteiger partial charge in [0.1, 0.15) is 0 Å². The Morgan fingerprint density at radius 1 is 1.50 bits per heavy atom. The van der Waals surface area contributed by atoms with E-state index in [9.17, 15) is 9.90 Å².